The van der Waals surface area contributed by atoms with E-state index in [2.05, 4.69) is 4.90 Å². The first-order valence-corrected chi connectivity index (χ1v) is 7.61. The van der Waals surface area contributed by atoms with E-state index in [1.54, 1.807) is 19.1 Å². The molecule has 1 aromatic rings. The molecule has 0 spiro atoms. The van der Waals surface area contributed by atoms with Gasteiger partial charge in [-0.2, -0.15) is 0 Å². The minimum Gasteiger partial charge on any atom is -0.462 e. The first kappa shape index (κ1) is 15.6. The van der Waals surface area contributed by atoms with Crippen LogP contribution in [0.15, 0.2) is 18.2 Å². The molecule has 0 aromatic heterocycles. The lowest BCUT2D eigenvalue weighted by molar-refractivity contribution is 0.0526. The van der Waals surface area contributed by atoms with E-state index in [0.29, 0.717) is 30.3 Å². The molecular formula is C16H24N2O3. The Balaban J connectivity index is 2.25. The number of nitrogen functional groups attached to an aromatic ring is 1. The number of benzene rings is 1. The molecule has 3 N–H and O–H groups in total. The van der Waals surface area contributed by atoms with Crippen molar-refractivity contribution >= 4 is 17.3 Å². The standard InChI is InChI=1S/C16H24N2O3/c1-2-21-16(20)12-7-8-14(17)15(11-12)18(9-4-10-19)13-5-3-6-13/h7-8,11,13,19H,2-6,9-10,17H2,1H3. The third kappa shape index (κ3) is 3.67. The number of aliphatic hydroxyl groups is 1. The Morgan fingerprint density at radius 2 is 2.24 bits per heavy atom. The van der Waals surface area contributed by atoms with Crippen LogP contribution in [0.25, 0.3) is 0 Å². The number of hydrogen-bond donors (Lipinski definition) is 2. The maximum absolute atomic E-state index is 11.9. The topological polar surface area (TPSA) is 75.8 Å². The van der Waals surface area contributed by atoms with Gasteiger partial charge in [0, 0.05) is 19.2 Å². The Labute approximate surface area is 125 Å². The van der Waals surface area contributed by atoms with Crippen LogP contribution < -0.4 is 10.6 Å². The second kappa shape index (κ2) is 7.31. The minimum absolute atomic E-state index is 0.153. The number of carbonyl (C=O) groups excluding carboxylic acids is 1. The van der Waals surface area contributed by atoms with Crippen LogP contribution in [0, 0.1) is 0 Å². The monoisotopic (exact) mass is 292 g/mol. The summed E-state index contributed by atoms with van der Waals surface area (Å²) < 4.78 is 5.05. The van der Waals surface area contributed by atoms with E-state index in [1.807, 2.05) is 6.07 Å². The molecule has 0 saturated heterocycles. The lowest BCUT2D eigenvalue weighted by Crippen LogP contribution is -2.41. The summed E-state index contributed by atoms with van der Waals surface area (Å²) in [5.74, 6) is -0.325. The third-order valence-corrected chi connectivity index (χ3v) is 3.92. The molecule has 21 heavy (non-hydrogen) atoms. The van der Waals surface area contributed by atoms with E-state index in [4.69, 9.17) is 15.6 Å². The molecule has 1 aliphatic rings. The largest absolute Gasteiger partial charge is 0.462 e. The summed E-state index contributed by atoms with van der Waals surface area (Å²) >= 11 is 0. The SMILES string of the molecule is CCOC(=O)c1ccc(N)c(N(CCCO)C2CCC2)c1. The average molecular weight is 292 g/mol. The fourth-order valence-corrected chi connectivity index (χ4v) is 2.57. The van der Waals surface area contributed by atoms with Crippen LogP contribution in [0.3, 0.4) is 0 Å². The summed E-state index contributed by atoms with van der Waals surface area (Å²) in [5, 5.41) is 9.08. The quantitative estimate of drug-likeness (QED) is 0.595. The Morgan fingerprint density at radius 3 is 2.81 bits per heavy atom. The highest BCUT2D eigenvalue weighted by Crippen LogP contribution is 2.33. The van der Waals surface area contributed by atoms with Crippen LogP contribution in [0.5, 0.6) is 0 Å². The van der Waals surface area contributed by atoms with Gasteiger partial charge in [-0.1, -0.05) is 0 Å². The van der Waals surface area contributed by atoms with Crippen molar-refractivity contribution in [1.29, 1.82) is 0 Å². The third-order valence-electron chi connectivity index (χ3n) is 3.92. The average Bonchev–Trinajstić information content (AvgIpc) is 2.42. The Hall–Kier alpha value is -1.75. The van der Waals surface area contributed by atoms with E-state index in [1.165, 1.54) is 6.42 Å². The second-order valence-electron chi connectivity index (χ2n) is 5.35. The highest BCUT2D eigenvalue weighted by Gasteiger charge is 2.26. The molecule has 1 fully saturated rings. The Bertz CT molecular complexity index is 486. The van der Waals surface area contributed by atoms with Gasteiger partial charge < -0.3 is 20.5 Å². The number of ether oxygens (including phenoxy) is 1. The van der Waals surface area contributed by atoms with Crippen LogP contribution in [0.1, 0.15) is 43.0 Å². The second-order valence-corrected chi connectivity index (χ2v) is 5.35. The molecule has 0 heterocycles. The van der Waals surface area contributed by atoms with Crippen LogP contribution in [-0.4, -0.2) is 36.9 Å². The van der Waals surface area contributed by atoms with E-state index in [-0.39, 0.29) is 12.6 Å². The number of rotatable bonds is 7. The molecular weight excluding hydrogens is 268 g/mol. The zero-order chi connectivity index (χ0) is 15.2. The summed E-state index contributed by atoms with van der Waals surface area (Å²) in [6.45, 7) is 3.05. The van der Waals surface area contributed by atoms with Gasteiger partial charge >= 0.3 is 5.97 Å². The van der Waals surface area contributed by atoms with Gasteiger partial charge in [0.2, 0.25) is 0 Å². The van der Waals surface area contributed by atoms with Crippen LogP contribution in [-0.2, 0) is 4.74 Å². The molecule has 5 heteroatoms. The van der Waals surface area contributed by atoms with Crippen molar-refractivity contribution in [2.24, 2.45) is 0 Å². The number of nitrogens with zero attached hydrogens (tertiary/aromatic N) is 1. The van der Waals surface area contributed by atoms with E-state index >= 15 is 0 Å². The fraction of sp³-hybridized carbons (Fsp3) is 0.562. The molecule has 0 bridgehead atoms. The smallest absolute Gasteiger partial charge is 0.338 e. The van der Waals surface area contributed by atoms with E-state index in [9.17, 15) is 4.79 Å². The lowest BCUT2D eigenvalue weighted by atomic mass is 9.90. The van der Waals surface area contributed by atoms with Crippen molar-refractivity contribution < 1.29 is 14.6 Å². The summed E-state index contributed by atoms with van der Waals surface area (Å²) in [7, 11) is 0. The predicted octanol–water partition coefficient (Wildman–Crippen LogP) is 2.19. The van der Waals surface area contributed by atoms with Gasteiger partial charge in [0.1, 0.15) is 0 Å². The van der Waals surface area contributed by atoms with Crippen LogP contribution in [0.4, 0.5) is 11.4 Å². The first-order chi connectivity index (χ1) is 10.2. The summed E-state index contributed by atoms with van der Waals surface area (Å²) in [6, 6.07) is 5.72. The zero-order valence-electron chi connectivity index (χ0n) is 12.5. The minimum atomic E-state index is -0.325. The number of carbonyl (C=O) groups is 1. The van der Waals surface area contributed by atoms with Crippen LogP contribution >= 0.6 is 0 Å². The molecule has 0 unspecified atom stereocenters. The fourth-order valence-electron chi connectivity index (χ4n) is 2.57. The van der Waals surface area contributed by atoms with Gasteiger partial charge in [-0.3, -0.25) is 0 Å². The van der Waals surface area contributed by atoms with Crippen molar-refractivity contribution in [3.05, 3.63) is 23.8 Å². The number of esters is 1. The van der Waals surface area contributed by atoms with E-state index in [0.717, 1.165) is 25.1 Å². The molecule has 0 atom stereocenters. The van der Waals surface area contributed by atoms with Gasteiger partial charge in [-0.15, -0.1) is 0 Å². The summed E-state index contributed by atoms with van der Waals surface area (Å²) in [6.07, 6.45) is 4.18. The van der Waals surface area contributed by atoms with Crippen molar-refractivity contribution in [3.8, 4) is 0 Å². The predicted molar refractivity (Wildman–Crippen MR) is 83.5 cm³/mol. The van der Waals surface area contributed by atoms with Gasteiger partial charge in [0.25, 0.3) is 0 Å². The van der Waals surface area contributed by atoms with Gasteiger partial charge in [0.15, 0.2) is 0 Å². The van der Waals surface area contributed by atoms with Gasteiger partial charge in [-0.25, -0.2) is 4.79 Å². The highest BCUT2D eigenvalue weighted by molar-refractivity contribution is 5.92. The maximum Gasteiger partial charge on any atom is 0.338 e. The molecule has 0 amide bonds. The normalized spacial score (nSPS) is 14.6. The molecule has 5 nitrogen and oxygen atoms in total. The first-order valence-electron chi connectivity index (χ1n) is 7.61. The van der Waals surface area contributed by atoms with Gasteiger partial charge in [-0.05, 0) is 50.8 Å². The summed E-state index contributed by atoms with van der Waals surface area (Å²) in [4.78, 5) is 14.1. The lowest BCUT2D eigenvalue weighted by Gasteiger charge is -2.40. The maximum atomic E-state index is 11.9. The van der Waals surface area contributed by atoms with Crippen molar-refractivity contribution in [3.63, 3.8) is 0 Å². The molecule has 116 valence electrons. The molecule has 0 aliphatic heterocycles. The van der Waals surface area contributed by atoms with Crippen molar-refractivity contribution in [1.82, 2.24) is 0 Å². The Kier molecular flexibility index (Phi) is 5.44. The summed E-state index contributed by atoms with van der Waals surface area (Å²) in [5.41, 5.74) is 8.15. The Morgan fingerprint density at radius 1 is 1.48 bits per heavy atom. The van der Waals surface area contributed by atoms with E-state index < -0.39 is 0 Å². The van der Waals surface area contributed by atoms with Crippen molar-refractivity contribution in [2.75, 3.05) is 30.4 Å². The number of hydrogen-bond acceptors (Lipinski definition) is 5. The van der Waals surface area contributed by atoms with Crippen molar-refractivity contribution in [2.45, 2.75) is 38.6 Å². The molecule has 1 aliphatic carbocycles. The van der Waals surface area contributed by atoms with Crippen LogP contribution in [0.2, 0.25) is 0 Å². The zero-order valence-corrected chi connectivity index (χ0v) is 12.5. The molecule has 1 saturated carbocycles. The molecule has 0 radical (unpaired) electrons. The molecule has 1 aromatic carbocycles. The molecule has 2 rings (SSSR count). The van der Waals surface area contributed by atoms with Gasteiger partial charge in [0.05, 0.1) is 23.5 Å². The number of nitrogens with two attached hydrogens (primary N) is 1. The number of anilines is 2. The number of aliphatic hydroxyl groups excluding tert-OH is 1. The highest BCUT2D eigenvalue weighted by atomic mass is 16.5.